The van der Waals surface area contributed by atoms with Crippen molar-refractivity contribution < 1.29 is 9.90 Å². The largest absolute Gasteiger partial charge is 0.478 e. The Kier molecular flexibility index (Phi) is 4.38. The summed E-state index contributed by atoms with van der Waals surface area (Å²) in [6.07, 6.45) is 0. The highest BCUT2D eigenvalue weighted by molar-refractivity contribution is 5.87. The molecule has 0 unspecified atom stereocenters. The SMILES string of the molecule is CC(C)(C)c1ccc(C(=O)O)cc1.[Al]. The molecule has 3 heteroatoms. The minimum absolute atomic E-state index is 0. The maximum Gasteiger partial charge on any atom is 0.335 e. The van der Waals surface area contributed by atoms with Crippen LogP contribution in [0.1, 0.15) is 36.7 Å². The Balaban J connectivity index is 0.00000169. The van der Waals surface area contributed by atoms with Crippen molar-refractivity contribution in [3.8, 4) is 0 Å². The van der Waals surface area contributed by atoms with E-state index in [1.165, 1.54) is 0 Å². The molecule has 0 spiro atoms. The van der Waals surface area contributed by atoms with Crippen molar-refractivity contribution in [1.29, 1.82) is 0 Å². The van der Waals surface area contributed by atoms with Crippen LogP contribution in [0.15, 0.2) is 24.3 Å². The van der Waals surface area contributed by atoms with Crippen LogP contribution in [0.5, 0.6) is 0 Å². The summed E-state index contributed by atoms with van der Waals surface area (Å²) in [5.41, 5.74) is 1.57. The predicted molar refractivity (Wildman–Crippen MR) is 57.9 cm³/mol. The zero-order valence-electron chi connectivity index (χ0n) is 8.74. The van der Waals surface area contributed by atoms with Crippen LogP contribution < -0.4 is 0 Å². The molecule has 14 heavy (non-hydrogen) atoms. The van der Waals surface area contributed by atoms with E-state index in [0.717, 1.165) is 5.56 Å². The average Bonchev–Trinajstić information content (AvgIpc) is 2.03. The molecule has 0 fully saturated rings. The maximum atomic E-state index is 10.6. The average molecular weight is 205 g/mol. The molecule has 0 saturated heterocycles. The summed E-state index contributed by atoms with van der Waals surface area (Å²) in [6.45, 7) is 6.30. The molecule has 0 aromatic heterocycles. The number of carboxylic acid groups (broad SMARTS) is 1. The van der Waals surface area contributed by atoms with Crippen molar-refractivity contribution in [3.63, 3.8) is 0 Å². The Morgan fingerprint density at radius 1 is 1.14 bits per heavy atom. The summed E-state index contributed by atoms with van der Waals surface area (Å²) < 4.78 is 0. The van der Waals surface area contributed by atoms with Crippen molar-refractivity contribution in [3.05, 3.63) is 35.4 Å². The molecule has 1 aromatic rings. The van der Waals surface area contributed by atoms with Crippen LogP contribution in [-0.4, -0.2) is 28.4 Å². The smallest absolute Gasteiger partial charge is 0.335 e. The fourth-order valence-corrected chi connectivity index (χ4v) is 1.11. The predicted octanol–water partition coefficient (Wildman–Crippen LogP) is 2.30. The molecule has 0 aliphatic rings. The molecule has 0 aliphatic carbocycles. The highest BCUT2D eigenvalue weighted by atomic mass is 27.0. The minimum Gasteiger partial charge on any atom is -0.478 e. The van der Waals surface area contributed by atoms with Crippen LogP contribution in [0, 0.1) is 0 Å². The fourth-order valence-electron chi connectivity index (χ4n) is 1.11. The van der Waals surface area contributed by atoms with Gasteiger partial charge >= 0.3 is 5.97 Å². The Labute approximate surface area is 95.1 Å². The van der Waals surface area contributed by atoms with E-state index in [9.17, 15) is 4.79 Å². The van der Waals surface area contributed by atoms with E-state index in [1.54, 1.807) is 12.1 Å². The van der Waals surface area contributed by atoms with Crippen molar-refractivity contribution in [2.75, 3.05) is 0 Å². The van der Waals surface area contributed by atoms with Gasteiger partial charge in [-0.1, -0.05) is 32.9 Å². The van der Waals surface area contributed by atoms with Crippen molar-refractivity contribution in [2.45, 2.75) is 26.2 Å². The molecule has 1 aromatic carbocycles. The van der Waals surface area contributed by atoms with Gasteiger partial charge in [-0.15, -0.1) is 0 Å². The van der Waals surface area contributed by atoms with Gasteiger partial charge in [0.25, 0.3) is 0 Å². The van der Waals surface area contributed by atoms with Crippen LogP contribution in [0.4, 0.5) is 0 Å². The van der Waals surface area contributed by atoms with E-state index in [4.69, 9.17) is 5.11 Å². The number of aromatic carboxylic acids is 1. The Hall–Kier alpha value is -0.778. The summed E-state index contributed by atoms with van der Waals surface area (Å²) in [4.78, 5) is 10.6. The van der Waals surface area contributed by atoms with Gasteiger partial charge in [0.05, 0.1) is 5.56 Å². The molecule has 2 nitrogen and oxygen atoms in total. The zero-order chi connectivity index (χ0) is 10.1. The lowest BCUT2D eigenvalue weighted by molar-refractivity contribution is 0.0697. The number of rotatable bonds is 1. The van der Waals surface area contributed by atoms with Gasteiger partial charge in [0.2, 0.25) is 0 Å². The zero-order valence-corrected chi connectivity index (χ0v) is 9.90. The van der Waals surface area contributed by atoms with E-state index in [0.29, 0.717) is 5.56 Å². The topological polar surface area (TPSA) is 37.3 Å². The monoisotopic (exact) mass is 205 g/mol. The Morgan fingerprint density at radius 2 is 1.57 bits per heavy atom. The fraction of sp³-hybridized carbons (Fsp3) is 0.364. The van der Waals surface area contributed by atoms with Crippen molar-refractivity contribution in [1.82, 2.24) is 0 Å². The van der Waals surface area contributed by atoms with Crippen LogP contribution in [0.3, 0.4) is 0 Å². The molecule has 1 N–H and O–H groups in total. The molecular weight excluding hydrogens is 191 g/mol. The summed E-state index contributed by atoms with van der Waals surface area (Å²) in [7, 11) is 0. The second-order valence-corrected chi connectivity index (χ2v) is 4.13. The summed E-state index contributed by atoms with van der Waals surface area (Å²) in [5.74, 6) is -0.875. The number of hydrogen-bond acceptors (Lipinski definition) is 1. The minimum atomic E-state index is -0.875. The summed E-state index contributed by atoms with van der Waals surface area (Å²) >= 11 is 0. The lowest BCUT2D eigenvalue weighted by atomic mass is 9.87. The first kappa shape index (κ1) is 13.2. The maximum absolute atomic E-state index is 10.6. The van der Waals surface area contributed by atoms with E-state index in [2.05, 4.69) is 20.8 Å². The van der Waals surface area contributed by atoms with Gasteiger partial charge in [-0.05, 0) is 23.1 Å². The molecule has 0 saturated carbocycles. The van der Waals surface area contributed by atoms with E-state index in [-0.39, 0.29) is 22.8 Å². The molecule has 0 amide bonds. The lowest BCUT2D eigenvalue weighted by Crippen LogP contribution is -2.11. The quantitative estimate of drug-likeness (QED) is 0.714. The van der Waals surface area contributed by atoms with E-state index < -0.39 is 5.97 Å². The molecule has 0 aliphatic heterocycles. The van der Waals surface area contributed by atoms with E-state index >= 15 is 0 Å². The third-order valence-electron chi connectivity index (χ3n) is 2.00. The van der Waals surface area contributed by atoms with Gasteiger partial charge in [0.15, 0.2) is 0 Å². The number of hydrogen-bond donors (Lipinski definition) is 1. The third-order valence-corrected chi connectivity index (χ3v) is 2.00. The summed E-state index contributed by atoms with van der Waals surface area (Å²) in [5, 5.41) is 8.68. The van der Waals surface area contributed by atoms with Crippen LogP contribution in [-0.2, 0) is 5.41 Å². The lowest BCUT2D eigenvalue weighted by Gasteiger charge is -2.18. The Morgan fingerprint density at radius 3 is 1.86 bits per heavy atom. The first-order chi connectivity index (χ1) is 5.91. The van der Waals surface area contributed by atoms with Gasteiger partial charge in [-0.3, -0.25) is 0 Å². The molecule has 3 radical (unpaired) electrons. The molecule has 0 bridgehead atoms. The van der Waals surface area contributed by atoms with Gasteiger partial charge in [-0.2, -0.15) is 0 Å². The van der Waals surface area contributed by atoms with Gasteiger partial charge in [0.1, 0.15) is 0 Å². The second-order valence-electron chi connectivity index (χ2n) is 4.13. The first-order valence-corrected chi connectivity index (χ1v) is 4.25. The highest BCUT2D eigenvalue weighted by Gasteiger charge is 2.13. The molecule has 1 rings (SSSR count). The highest BCUT2D eigenvalue weighted by Crippen LogP contribution is 2.21. The molecular formula is C11H14AlO2. The normalized spacial score (nSPS) is 10.5. The Bertz CT molecular complexity index is 309. The van der Waals surface area contributed by atoms with Crippen molar-refractivity contribution >= 4 is 23.3 Å². The van der Waals surface area contributed by atoms with Gasteiger partial charge in [0, 0.05) is 17.4 Å². The van der Waals surface area contributed by atoms with Gasteiger partial charge < -0.3 is 5.11 Å². The van der Waals surface area contributed by atoms with Crippen LogP contribution in [0.2, 0.25) is 0 Å². The standard InChI is InChI=1S/C11H14O2.Al/c1-11(2,3)9-6-4-8(5-7-9)10(12)13;/h4-7H,1-3H3,(H,12,13);. The number of benzene rings is 1. The van der Waals surface area contributed by atoms with Crippen LogP contribution >= 0.6 is 0 Å². The number of carboxylic acids is 1. The third kappa shape index (κ3) is 3.17. The van der Waals surface area contributed by atoms with E-state index in [1.807, 2.05) is 12.1 Å². The second kappa shape index (κ2) is 4.64. The molecule has 0 heterocycles. The van der Waals surface area contributed by atoms with Crippen molar-refractivity contribution in [2.24, 2.45) is 0 Å². The molecule has 0 atom stereocenters. The van der Waals surface area contributed by atoms with Gasteiger partial charge in [-0.25, -0.2) is 4.79 Å². The van der Waals surface area contributed by atoms with Crippen LogP contribution in [0.25, 0.3) is 0 Å². The molecule has 73 valence electrons. The summed E-state index contributed by atoms with van der Waals surface area (Å²) in [6, 6.07) is 7.01. The first-order valence-electron chi connectivity index (χ1n) is 4.25. The number of carbonyl (C=O) groups is 1.